The van der Waals surface area contributed by atoms with Gasteiger partial charge >= 0.3 is 0 Å². The third-order valence-corrected chi connectivity index (χ3v) is 10.2. The van der Waals surface area contributed by atoms with E-state index in [1.807, 2.05) is 0 Å². The van der Waals surface area contributed by atoms with Crippen molar-refractivity contribution in [3.63, 3.8) is 0 Å². The van der Waals surface area contributed by atoms with Crippen molar-refractivity contribution in [3.05, 3.63) is 42.0 Å². The molecule has 1 atom stereocenters. The molecule has 5 heterocycles. The van der Waals surface area contributed by atoms with Crippen LogP contribution in [0, 0.1) is 6.92 Å². The zero-order chi connectivity index (χ0) is 26.2. The summed E-state index contributed by atoms with van der Waals surface area (Å²) in [6.07, 6.45) is 8.40. The quantitative estimate of drug-likeness (QED) is 0.491. The fourth-order valence-electron chi connectivity index (χ4n) is 4.68. The van der Waals surface area contributed by atoms with Crippen molar-refractivity contribution in [1.82, 2.24) is 23.9 Å². The summed E-state index contributed by atoms with van der Waals surface area (Å²) in [4.78, 5) is 21.7. The van der Waals surface area contributed by atoms with Crippen LogP contribution >= 0.6 is 0 Å². The summed E-state index contributed by atoms with van der Waals surface area (Å²) in [6, 6.07) is 3.52. The summed E-state index contributed by atoms with van der Waals surface area (Å²) in [5.41, 5.74) is 2.04. The first-order valence-electron chi connectivity index (χ1n) is 12.1. The topological polar surface area (TPSA) is 148 Å². The van der Waals surface area contributed by atoms with Crippen LogP contribution in [-0.2, 0) is 19.8 Å². The highest BCUT2D eigenvalue weighted by molar-refractivity contribution is 7.94. The normalized spacial score (nSPS) is 20.1. The Kier molecular flexibility index (Phi) is 6.89. The Bertz CT molecular complexity index is 1570. The Morgan fingerprint density at radius 1 is 1.24 bits per heavy atom. The lowest BCUT2D eigenvalue weighted by Crippen LogP contribution is -2.43. The van der Waals surface area contributed by atoms with Crippen LogP contribution in [0.2, 0.25) is 0 Å². The van der Waals surface area contributed by atoms with Gasteiger partial charge in [0.25, 0.3) is 5.91 Å². The number of amides is 1. The van der Waals surface area contributed by atoms with Gasteiger partial charge in [-0.25, -0.2) is 27.1 Å². The lowest BCUT2D eigenvalue weighted by atomic mass is 10.1. The van der Waals surface area contributed by atoms with Crippen LogP contribution < -0.4 is 10.1 Å². The van der Waals surface area contributed by atoms with Gasteiger partial charge in [0.1, 0.15) is 23.6 Å². The van der Waals surface area contributed by atoms with Crippen molar-refractivity contribution in [3.8, 4) is 5.88 Å². The molecule has 0 bridgehead atoms. The van der Waals surface area contributed by atoms with Gasteiger partial charge in [0, 0.05) is 30.4 Å². The van der Waals surface area contributed by atoms with Crippen LogP contribution in [0.25, 0.3) is 5.52 Å². The molecule has 12 nitrogen and oxygen atoms in total. The number of anilines is 2. The molecule has 198 valence electrons. The molecule has 2 fully saturated rings. The number of rotatable bonds is 6. The summed E-state index contributed by atoms with van der Waals surface area (Å²) >= 11 is 0. The number of aryl methyl sites for hydroxylation is 1. The van der Waals surface area contributed by atoms with Gasteiger partial charge in [-0.3, -0.25) is 4.79 Å². The van der Waals surface area contributed by atoms with Gasteiger partial charge in [0.05, 0.1) is 28.1 Å². The first kappa shape index (κ1) is 25.5. The molecule has 2 aliphatic rings. The van der Waals surface area contributed by atoms with E-state index in [2.05, 4.69) is 24.7 Å². The molecule has 0 aromatic carbocycles. The average Bonchev–Trinajstić information content (AvgIpc) is 3.43. The van der Waals surface area contributed by atoms with E-state index >= 15 is 0 Å². The Morgan fingerprint density at radius 3 is 2.78 bits per heavy atom. The summed E-state index contributed by atoms with van der Waals surface area (Å²) in [5, 5.41) is 7.47. The van der Waals surface area contributed by atoms with Crippen molar-refractivity contribution in [2.24, 2.45) is 4.36 Å². The molecule has 37 heavy (non-hydrogen) atoms. The minimum Gasteiger partial charge on any atom is -0.471 e. The number of hydrogen-bond donors (Lipinski definition) is 1. The lowest BCUT2D eigenvalue weighted by molar-refractivity contribution is 0.100. The number of sulfonamides is 1. The second-order valence-electron chi connectivity index (χ2n) is 9.34. The molecule has 3 aromatic heterocycles. The van der Waals surface area contributed by atoms with Crippen LogP contribution in [0.3, 0.4) is 0 Å². The number of piperidine rings is 1. The first-order valence-corrected chi connectivity index (χ1v) is 15.8. The van der Waals surface area contributed by atoms with E-state index in [0.29, 0.717) is 64.9 Å². The molecule has 1 amide bonds. The molecule has 0 aliphatic carbocycles. The van der Waals surface area contributed by atoms with Gasteiger partial charge in [-0.05, 0) is 50.3 Å². The molecule has 2 saturated heterocycles. The first-order chi connectivity index (χ1) is 17.6. The Morgan fingerprint density at radius 2 is 2.03 bits per heavy atom. The molecular formula is C23H29N7O5S2. The third kappa shape index (κ3) is 5.45. The van der Waals surface area contributed by atoms with Crippen LogP contribution in [0.1, 0.15) is 41.6 Å². The molecule has 5 rings (SSSR count). The molecule has 3 aromatic rings. The van der Waals surface area contributed by atoms with Crippen molar-refractivity contribution < 1.29 is 22.2 Å². The molecule has 0 spiro atoms. The minimum atomic E-state index is -3.31. The molecule has 0 radical (unpaired) electrons. The molecule has 2 aliphatic heterocycles. The van der Waals surface area contributed by atoms with Gasteiger partial charge < -0.3 is 10.1 Å². The maximum atomic E-state index is 12.9. The van der Waals surface area contributed by atoms with E-state index in [0.717, 1.165) is 12.8 Å². The van der Waals surface area contributed by atoms with Gasteiger partial charge in [-0.15, -0.1) is 0 Å². The number of nitrogens with one attached hydrogen (secondary N) is 1. The van der Waals surface area contributed by atoms with Crippen molar-refractivity contribution >= 4 is 42.7 Å². The van der Waals surface area contributed by atoms with Crippen LogP contribution in [-0.4, -0.2) is 79.4 Å². The minimum absolute atomic E-state index is 0.253. The van der Waals surface area contributed by atoms with E-state index in [1.165, 1.54) is 21.4 Å². The SMILES string of the molecule is Cc1c(C(=O)N=S2(=O)CCCC2)cn2ncnc(Nc3cccnc3O[C@@H]3CCCN(S(C)(=O)=O)C3)c12. The highest BCUT2D eigenvalue weighted by Crippen LogP contribution is 2.31. The zero-order valence-electron chi connectivity index (χ0n) is 20.7. The van der Waals surface area contributed by atoms with Gasteiger partial charge in [-0.2, -0.15) is 13.8 Å². The van der Waals surface area contributed by atoms with Gasteiger partial charge in [0.15, 0.2) is 5.82 Å². The Balaban J connectivity index is 1.43. The molecule has 1 N–H and O–H groups in total. The number of carbonyl (C=O) groups excluding carboxylic acids is 1. The molecule has 14 heteroatoms. The van der Waals surface area contributed by atoms with E-state index in [-0.39, 0.29) is 12.6 Å². The number of carbonyl (C=O) groups is 1. The summed E-state index contributed by atoms with van der Waals surface area (Å²) in [5.74, 6) is 1.12. The highest BCUT2D eigenvalue weighted by atomic mass is 32.2. The van der Waals surface area contributed by atoms with E-state index in [4.69, 9.17) is 4.74 Å². The molecule has 0 unspecified atom stereocenters. The number of pyridine rings is 1. The van der Waals surface area contributed by atoms with Crippen LogP contribution in [0.4, 0.5) is 11.5 Å². The van der Waals surface area contributed by atoms with Crippen molar-refractivity contribution in [1.29, 1.82) is 0 Å². The summed E-state index contributed by atoms with van der Waals surface area (Å²) in [7, 11) is -5.81. The zero-order valence-corrected chi connectivity index (χ0v) is 22.3. The monoisotopic (exact) mass is 547 g/mol. The average molecular weight is 548 g/mol. The smallest absolute Gasteiger partial charge is 0.287 e. The van der Waals surface area contributed by atoms with E-state index < -0.39 is 25.7 Å². The molecule has 0 saturated carbocycles. The highest BCUT2D eigenvalue weighted by Gasteiger charge is 2.28. The Hall–Kier alpha value is -3.10. The Labute approximate surface area is 215 Å². The van der Waals surface area contributed by atoms with E-state index in [9.17, 15) is 17.4 Å². The standard InChI is InChI=1S/C23H29N7O5S2/c1-16-18(22(31)28-37(34)11-3-4-12-37)14-30-20(16)21(25-15-26-30)27-19-8-5-9-24-23(19)35-17-7-6-10-29(13-17)36(2,32)33/h5,8-9,14-15,17H,3-4,6-7,10-13H2,1-2H3,(H,25,26,27)/t17-/m1/s1. The fourth-order valence-corrected chi connectivity index (χ4v) is 7.68. The lowest BCUT2D eigenvalue weighted by Gasteiger charge is -2.31. The van der Waals surface area contributed by atoms with Crippen molar-refractivity contribution in [2.45, 2.75) is 38.7 Å². The maximum absolute atomic E-state index is 12.9. The predicted molar refractivity (Wildman–Crippen MR) is 139 cm³/mol. The van der Waals surface area contributed by atoms with E-state index in [1.54, 1.807) is 31.5 Å². The number of aromatic nitrogens is 4. The second-order valence-corrected chi connectivity index (χ2v) is 13.9. The summed E-state index contributed by atoms with van der Waals surface area (Å²) < 4.78 is 49.9. The van der Waals surface area contributed by atoms with Crippen LogP contribution in [0.5, 0.6) is 5.88 Å². The summed E-state index contributed by atoms with van der Waals surface area (Å²) in [6.45, 7) is 2.50. The maximum Gasteiger partial charge on any atom is 0.287 e. The number of nitrogens with zero attached hydrogens (tertiary/aromatic N) is 6. The van der Waals surface area contributed by atoms with Gasteiger partial charge in [-0.1, -0.05) is 0 Å². The van der Waals surface area contributed by atoms with Crippen LogP contribution in [0.15, 0.2) is 35.2 Å². The third-order valence-electron chi connectivity index (χ3n) is 6.60. The largest absolute Gasteiger partial charge is 0.471 e. The number of hydrogen-bond acceptors (Lipinski definition) is 9. The van der Waals surface area contributed by atoms with Gasteiger partial charge in [0.2, 0.25) is 15.9 Å². The molecular weight excluding hydrogens is 518 g/mol. The van der Waals surface area contributed by atoms with Crippen molar-refractivity contribution in [2.75, 3.05) is 36.2 Å². The number of fused-ring (bicyclic) bond motifs is 1. The fraction of sp³-hybridized carbons (Fsp3) is 0.478. The number of ether oxygens (including phenoxy) is 1. The second kappa shape index (κ2) is 9.99. The predicted octanol–water partition coefficient (Wildman–Crippen LogP) is 2.38.